The summed E-state index contributed by atoms with van der Waals surface area (Å²) in [6.45, 7) is 2.22. The molecule has 0 saturated carbocycles. The van der Waals surface area contributed by atoms with Gasteiger partial charge in [0, 0.05) is 24.3 Å². The average Bonchev–Trinajstić information content (AvgIpc) is 3.00. The first-order valence-electron chi connectivity index (χ1n) is 8.56. The second kappa shape index (κ2) is 8.99. The molecule has 3 amide bonds. The lowest BCUT2D eigenvalue weighted by atomic mass is 10.2. The van der Waals surface area contributed by atoms with Gasteiger partial charge in [-0.05, 0) is 37.6 Å². The van der Waals surface area contributed by atoms with Gasteiger partial charge in [-0.1, -0.05) is 0 Å². The highest BCUT2D eigenvalue weighted by atomic mass is 16.5. The first-order chi connectivity index (χ1) is 12.8. The summed E-state index contributed by atoms with van der Waals surface area (Å²) < 4.78 is 4.76. The number of nitrogen functional groups attached to an aromatic ring is 1. The topological polar surface area (TPSA) is 164 Å². The molecular formula is C17H24N6O4. The van der Waals surface area contributed by atoms with Crippen molar-refractivity contribution in [3.8, 4) is 0 Å². The summed E-state index contributed by atoms with van der Waals surface area (Å²) in [7, 11) is 0. The van der Waals surface area contributed by atoms with Crippen molar-refractivity contribution in [2.45, 2.75) is 25.4 Å². The fourth-order valence-electron chi connectivity index (χ4n) is 2.64. The van der Waals surface area contributed by atoms with Gasteiger partial charge in [0.2, 0.25) is 5.91 Å². The normalized spacial score (nSPS) is 17.3. The van der Waals surface area contributed by atoms with E-state index >= 15 is 0 Å². The lowest BCUT2D eigenvalue weighted by Crippen LogP contribution is -2.50. The summed E-state index contributed by atoms with van der Waals surface area (Å²) in [5.74, 6) is -0.892. The van der Waals surface area contributed by atoms with E-state index in [0.29, 0.717) is 24.2 Å². The fourth-order valence-corrected chi connectivity index (χ4v) is 2.64. The van der Waals surface area contributed by atoms with Gasteiger partial charge >= 0.3 is 12.0 Å². The van der Waals surface area contributed by atoms with Crippen molar-refractivity contribution >= 4 is 29.4 Å². The number of esters is 1. The molecule has 1 saturated heterocycles. The molecule has 0 spiro atoms. The number of carbonyl (C=O) groups excluding carboxylic acids is 3. The van der Waals surface area contributed by atoms with E-state index in [9.17, 15) is 14.4 Å². The first kappa shape index (κ1) is 20.2. The van der Waals surface area contributed by atoms with Gasteiger partial charge in [-0.3, -0.25) is 15.0 Å². The molecule has 1 fully saturated rings. The molecule has 146 valence electrons. The number of nitrogens with two attached hydrogens (primary N) is 2. The minimum Gasteiger partial charge on any atom is -0.465 e. The van der Waals surface area contributed by atoms with Gasteiger partial charge in [-0.15, -0.1) is 0 Å². The SMILES string of the molecule is CCOC(=O)[C@H](N)CNC(=O)NC1CCN(c2ccc(C(=N)N)cc2)C1=O. The molecule has 0 bridgehead atoms. The fraction of sp³-hybridized carbons (Fsp3) is 0.412. The Labute approximate surface area is 156 Å². The third-order valence-electron chi connectivity index (χ3n) is 4.07. The van der Waals surface area contributed by atoms with Crippen LogP contribution >= 0.6 is 0 Å². The van der Waals surface area contributed by atoms with Gasteiger partial charge in [0.25, 0.3) is 0 Å². The highest BCUT2D eigenvalue weighted by Crippen LogP contribution is 2.22. The van der Waals surface area contributed by atoms with Crippen LogP contribution in [0.3, 0.4) is 0 Å². The molecule has 1 aliphatic heterocycles. The minimum absolute atomic E-state index is 0.0495. The van der Waals surface area contributed by atoms with Crippen molar-refractivity contribution in [2.75, 3.05) is 24.6 Å². The van der Waals surface area contributed by atoms with Crippen molar-refractivity contribution < 1.29 is 19.1 Å². The van der Waals surface area contributed by atoms with Gasteiger partial charge in [-0.25, -0.2) is 4.79 Å². The lowest BCUT2D eigenvalue weighted by molar-refractivity contribution is -0.144. The number of hydrogen-bond donors (Lipinski definition) is 5. The predicted molar refractivity (Wildman–Crippen MR) is 99.4 cm³/mol. The molecule has 1 unspecified atom stereocenters. The molecule has 1 heterocycles. The van der Waals surface area contributed by atoms with Gasteiger partial charge in [0.15, 0.2) is 0 Å². The Morgan fingerprint density at radius 1 is 1.37 bits per heavy atom. The van der Waals surface area contributed by atoms with Crippen LogP contribution in [0.25, 0.3) is 0 Å². The molecule has 2 rings (SSSR count). The van der Waals surface area contributed by atoms with Crippen LogP contribution in [0.5, 0.6) is 0 Å². The number of amides is 3. The van der Waals surface area contributed by atoms with E-state index in [2.05, 4.69) is 10.6 Å². The maximum atomic E-state index is 12.5. The molecule has 1 aromatic carbocycles. The van der Waals surface area contributed by atoms with Crippen LogP contribution in [0.15, 0.2) is 24.3 Å². The number of ether oxygens (including phenoxy) is 1. The molecule has 0 aliphatic carbocycles. The standard InChI is InChI=1S/C17H24N6O4/c1-2-27-16(25)12(18)9-21-17(26)22-13-7-8-23(15(13)24)11-5-3-10(4-6-11)14(19)20/h3-6,12-13H,2,7-9,18H2,1H3,(H3,19,20)(H2,21,22,26)/t12-,13?/m1/s1. The molecular weight excluding hydrogens is 352 g/mol. The second-order valence-corrected chi connectivity index (χ2v) is 6.00. The third kappa shape index (κ3) is 5.17. The van der Waals surface area contributed by atoms with Crippen LogP contribution < -0.4 is 27.0 Å². The highest BCUT2D eigenvalue weighted by Gasteiger charge is 2.33. The number of amidine groups is 1. The first-order valence-corrected chi connectivity index (χ1v) is 8.56. The van der Waals surface area contributed by atoms with E-state index in [1.165, 1.54) is 0 Å². The molecule has 0 aromatic heterocycles. The molecule has 2 atom stereocenters. The Morgan fingerprint density at radius 2 is 2.04 bits per heavy atom. The Kier molecular flexibility index (Phi) is 6.72. The number of anilines is 1. The molecule has 1 aliphatic rings. The molecule has 10 nitrogen and oxygen atoms in total. The molecule has 7 N–H and O–H groups in total. The predicted octanol–water partition coefficient (Wildman–Crippen LogP) is -0.734. The summed E-state index contributed by atoms with van der Waals surface area (Å²) in [6, 6.07) is 4.51. The number of hydrogen-bond acceptors (Lipinski definition) is 6. The Hall–Kier alpha value is -3.14. The van der Waals surface area contributed by atoms with Crippen LogP contribution in [0.1, 0.15) is 18.9 Å². The largest absolute Gasteiger partial charge is 0.465 e. The monoisotopic (exact) mass is 376 g/mol. The number of rotatable bonds is 7. The van der Waals surface area contributed by atoms with E-state index < -0.39 is 24.1 Å². The van der Waals surface area contributed by atoms with E-state index in [1.807, 2.05) is 0 Å². The summed E-state index contributed by atoms with van der Waals surface area (Å²) in [5, 5.41) is 12.4. The van der Waals surface area contributed by atoms with Crippen molar-refractivity contribution in [3.63, 3.8) is 0 Å². The van der Waals surface area contributed by atoms with E-state index in [-0.39, 0.29) is 24.9 Å². The molecule has 1 aromatic rings. The van der Waals surface area contributed by atoms with Crippen molar-refractivity contribution in [1.82, 2.24) is 10.6 Å². The van der Waals surface area contributed by atoms with Gasteiger partial charge < -0.3 is 31.7 Å². The minimum atomic E-state index is -0.966. The number of nitrogens with one attached hydrogen (secondary N) is 3. The Morgan fingerprint density at radius 3 is 2.63 bits per heavy atom. The zero-order chi connectivity index (χ0) is 20.0. The highest BCUT2D eigenvalue weighted by molar-refractivity contribution is 6.02. The van der Waals surface area contributed by atoms with E-state index in [0.717, 1.165) is 0 Å². The summed E-state index contributed by atoms with van der Waals surface area (Å²) in [6.07, 6.45) is 0.449. The molecule has 10 heteroatoms. The maximum absolute atomic E-state index is 12.5. The van der Waals surface area contributed by atoms with Crippen LogP contribution in [0, 0.1) is 5.41 Å². The van der Waals surface area contributed by atoms with Crippen LogP contribution in [-0.2, 0) is 14.3 Å². The Bertz CT molecular complexity index is 721. The zero-order valence-electron chi connectivity index (χ0n) is 15.0. The Balaban J connectivity index is 1.86. The number of carbonyl (C=O) groups is 3. The maximum Gasteiger partial charge on any atom is 0.324 e. The van der Waals surface area contributed by atoms with Gasteiger partial charge in [0.1, 0.15) is 17.9 Å². The van der Waals surface area contributed by atoms with Gasteiger partial charge in [-0.2, -0.15) is 0 Å². The van der Waals surface area contributed by atoms with Crippen molar-refractivity contribution in [3.05, 3.63) is 29.8 Å². The summed E-state index contributed by atoms with van der Waals surface area (Å²) in [4.78, 5) is 37.4. The zero-order valence-corrected chi connectivity index (χ0v) is 15.0. The summed E-state index contributed by atoms with van der Waals surface area (Å²) in [5.41, 5.74) is 12.3. The molecule has 0 radical (unpaired) electrons. The second-order valence-electron chi connectivity index (χ2n) is 6.00. The van der Waals surface area contributed by atoms with Crippen LogP contribution in [-0.4, -0.2) is 55.5 Å². The van der Waals surface area contributed by atoms with Crippen molar-refractivity contribution in [1.29, 1.82) is 5.41 Å². The number of urea groups is 1. The number of nitrogens with zero attached hydrogens (tertiary/aromatic N) is 1. The van der Waals surface area contributed by atoms with Crippen molar-refractivity contribution in [2.24, 2.45) is 11.5 Å². The lowest BCUT2D eigenvalue weighted by Gasteiger charge is -2.18. The van der Waals surface area contributed by atoms with E-state index in [1.54, 1.807) is 36.1 Å². The quantitative estimate of drug-likeness (QED) is 0.239. The summed E-state index contributed by atoms with van der Waals surface area (Å²) >= 11 is 0. The van der Waals surface area contributed by atoms with Crippen LogP contribution in [0.2, 0.25) is 0 Å². The smallest absolute Gasteiger partial charge is 0.324 e. The average molecular weight is 376 g/mol. The number of benzene rings is 1. The third-order valence-corrected chi connectivity index (χ3v) is 4.07. The van der Waals surface area contributed by atoms with E-state index in [4.69, 9.17) is 21.6 Å². The van der Waals surface area contributed by atoms with Gasteiger partial charge in [0.05, 0.1) is 6.61 Å². The molecule has 27 heavy (non-hydrogen) atoms. The van der Waals surface area contributed by atoms with Crippen LogP contribution in [0.4, 0.5) is 10.5 Å².